The Morgan fingerprint density at radius 2 is 2.00 bits per heavy atom. The summed E-state index contributed by atoms with van der Waals surface area (Å²) in [5, 5.41) is 20.2. The Balaban J connectivity index is 2.45. The van der Waals surface area contributed by atoms with Crippen molar-refractivity contribution < 1.29 is 5.11 Å². The molecule has 1 rings (SSSR count). The van der Waals surface area contributed by atoms with Crippen molar-refractivity contribution >= 4 is 5.69 Å². The minimum absolute atomic E-state index is 0.0645. The van der Waals surface area contributed by atoms with Crippen molar-refractivity contribution in [3.8, 4) is 6.07 Å². The topological polar surface area (TPSA) is 56.0 Å². The summed E-state index contributed by atoms with van der Waals surface area (Å²) >= 11 is 0. The maximum absolute atomic E-state index is 8.57. The van der Waals surface area contributed by atoms with Gasteiger partial charge in [-0.05, 0) is 24.3 Å². The number of nitriles is 1. The Hall–Kier alpha value is -1.79. The summed E-state index contributed by atoms with van der Waals surface area (Å²) in [7, 11) is 0. The number of aliphatic hydroxyl groups excluding tert-OH is 1. The molecule has 2 N–H and O–H groups in total. The molecule has 0 amide bonds. The highest BCUT2D eigenvalue weighted by molar-refractivity contribution is 5.47. The molecule has 0 aliphatic carbocycles. The zero-order chi connectivity index (χ0) is 10.2. The monoisotopic (exact) mass is 188 g/mol. The molecule has 0 aliphatic heterocycles. The van der Waals surface area contributed by atoms with Crippen LogP contribution in [0.15, 0.2) is 36.4 Å². The second-order valence-corrected chi connectivity index (χ2v) is 2.72. The lowest BCUT2D eigenvalue weighted by Gasteiger charge is -2.01. The van der Waals surface area contributed by atoms with Gasteiger partial charge in [0, 0.05) is 12.2 Å². The van der Waals surface area contributed by atoms with E-state index in [0.29, 0.717) is 12.1 Å². The zero-order valence-corrected chi connectivity index (χ0v) is 7.77. The lowest BCUT2D eigenvalue weighted by atomic mass is 10.2. The highest BCUT2D eigenvalue weighted by Gasteiger charge is 1.90. The van der Waals surface area contributed by atoms with Crippen molar-refractivity contribution in [2.45, 2.75) is 0 Å². The minimum atomic E-state index is 0.0645. The van der Waals surface area contributed by atoms with Gasteiger partial charge in [0.15, 0.2) is 0 Å². The number of aliphatic hydroxyl groups is 1. The molecule has 0 aromatic heterocycles. The van der Waals surface area contributed by atoms with Crippen LogP contribution >= 0.6 is 0 Å². The molecule has 1 aromatic carbocycles. The molecule has 0 saturated heterocycles. The van der Waals surface area contributed by atoms with Crippen LogP contribution in [-0.2, 0) is 0 Å². The maximum atomic E-state index is 8.57. The van der Waals surface area contributed by atoms with Crippen LogP contribution in [0.3, 0.4) is 0 Å². The highest BCUT2D eigenvalue weighted by atomic mass is 16.2. The molecule has 0 atom stereocenters. The van der Waals surface area contributed by atoms with Crippen molar-refractivity contribution in [2.75, 3.05) is 18.5 Å². The molecular weight excluding hydrogens is 176 g/mol. The first kappa shape index (κ1) is 10.3. The molecule has 14 heavy (non-hydrogen) atoms. The normalized spacial score (nSPS) is 10.0. The average Bonchev–Trinajstić information content (AvgIpc) is 2.25. The molecule has 1 aromatic rings. The summed E-state index contributed by atoms with van der Waals surface area (Å²) < 4.78 is 0. The Morgan fingerprint density at radius 3 is 2.57 bits per heavy atom. The van der Waals surface area contributed by atoms with Crippen LogP contribution < -0.4 is 5.32 Å². The molecule has 0 saturated carbocycles. The van der Waals surface area contributed by atoms with Gasteiger partial charge in [-0.3, -0.25) is 0 Å². The van der Waals surface area contributed by atoms with Gasteiger partial charge in [0.2, 0.25) is 0 Å². The van der Waals surface area contributed by atoms with E-state index in [9.17, 15) is 0 Å². The smallest absolute Gasteiger partial charge is 0.0991 e. The predicted molar refractivity (Wildman–Crippen MR) is 55.9 cm³/mol. The van der Waals surface area contributed by atoms with E-state index in [1.54, 1.807) is 18.2 Å². The van der Waals surface area contributed by atoms with Gasteiger partial charge in [0.25, 0.3) is 0 Å². The molecule has 0 bridgehead atoms. The number of rotatable bonds is 4. The van der Waals surface area contributed by atoms with E-state index in [1.165, 1.54) is 0 Å². The van der Waals surface area contributed by atoms with E-state index in [2.05, 4.69) is 11.4 Å². The first-order valence-corrected chi connectivity index (χ1v) is 4.36. The third kappa shape index (κ3) is 3.30. The van der Waals surface area contributed by atoms with Gasteiger partial charge in [0.1, 0.15) is 0 Å². The summed E-state index contributed by atoms with van der Waals surface area (Å²) in [6.07, 6.45) is 3.52. The number of nitrogens with zero attached hydrogens (tertiary/aromatic N) is 1. The first-order valence-electron chi connectivity index (χ1n) is 4.36. The zero-order valence-electron chi connectivity index (χ0n) is 7.77. The first-order chi connectivity index (χ1) is 6.86. The van der Waals surface area contributed by atoms with Gasteiger partial charge < -0.3 is 10.4 Å². The Morgan fingerprint density at radius 1 is 1.29 bits per heavy atom. The third-order valence-corrected chi connectivity index (χ3v) is 1.71. The van der Waals surface area contributed by atoms with Crippen LogP contribution in [0.4, 0.5) is 5.69 Å². The van der Waals surface area contributed by atoms with Crippen LogP contribution in [0, 0.1) is 11.3 Å². The van der Waals surface area contributed by atoms with Crippen LogP contribution in [-0.4, -0.2) is 18.3 Å². The molecule has 0 spiro atoms. The van der Waals surface area contributed by atoms with Gasteiger partial charge in [-0.1, -0.05) is 12.2 Å². The van der Waals surface area contributed by atoms with Crippen molar-refractivity contribution in [3.05, 3.63) is 42.0 Å². The number of hydrogen-bond acceptors (Lipinski definition) is 3. The van der Waals surface area contributed by atoms with E-state index < -0.39 is 0 Å². The molecule has 0 heterocycles. The van der Waals surface area contributed by atoms with Gasteiger partial charge in [-0.2, -0.15) is 5.26 Å². The van der Waals surface area contributed by atoms with E-state index in [1.807, 2.05) is 18.2 Å². The molecule has 3 nitrogen and oxygen atoms in total. The van der Waals surface area contributed by atoms with Crippen molar-refractivity contribution in [3.63, 3.8) is 0 Å². The number of benzene rings is 1. The fourth-order valence-corrected chi connectivity index (χ4v) is 0.997. The molecule has 72 valence electrons. The lowest BCUT2D eigenvalue weighted by Crippen LogP contribution is -1.97. The fourth-order valence-electron chi connectivity index (χ4n) is 0.997. The van der Waals surface area contributed by atoms with Crippen LogP contribution in [0.2, 0.25) is 0 Å². The standard InChI is InChI=1S/C11H12N2O/c12-9-10-3-5-11(6-4-10)13-7-1-2-8-14/h1-6,13-14H,7-8H2. The van der Waals surface area contributed by atoms with E-state index in [4.69, 9.17) is 10.4 Å². The summed E-state index contributed by atoms with van der Waals surface area (Å²) in [5.74, 6) is 0. The average molecular weight is 188 g/mol. The summed E-state index contributed by atoms with van der Waals surface area (Å²) in [5.41, 5.74) is 1.62. The van der Waals surface area contributed by atoms with Gasteiger partial charge >= 0.3 is 0 Å². The molecule has 0 fully saturated rings. The van der Waals surface area contributed by atoms with Crippen LogP contribution in [0.1, 0.15) is 5.56 Å². The van der Waals surface area contributed by atoms with Crippen LogP contribution in [0.5, 0.6) is 0 Å². The van der Waals surface area contributed by atoms with Crippen molar-refractivity contribution in [1.82, 2.24) is 0 Å². The number of anilines is 1. The quantitative estimate of drug-likeness (QED) is 0.704. The highest BCUT2D eigenvalue weighted by Crippen LogP contribution is 2.07. The van der Waals surface area contributed by atoms with E-state index in [0.717, 1.165) is 5.69 Å². The Labute approximate surface area is 83.3 Å². The van der Waals surface area contributed by atoms with Gasteiger partial charge in [-0.25, -0.2) is 0 Å². The Bertz CT molecular complexity index is 335. The van der Waals surface area contributed by atoms with Gasteiger partial charge in [0.05, 0.1) is 18.2 Å². The summed E-state index contributed by atoms with van der Waals surface area (Å²) in [4.78, 5) is 0. The van der Waals surface area contributed by atoms with Gasteiger partial charge in [-0.15, -0.1) is 0 Å². The SMILES string of the molecule is N#Cc1ccc(NCC=CCO)cc1. The Kier molecular flexibility index (Phi) is 4.25. The molecule has 3 heteroatoms. The molecular formula is C11H12N2O. The summed E-state index contributed by atoms with van der Waals surface area (Å²) in [6, 6.07) is 9.28. The molecule has 0 radical (unpaired) electrons. The van der Waals surface area contributed by atoms with Crippen molar-refractivity contribution in [2.24, 2.45) is 0 Å². The fraction of sp³-hybridized carbons (Fsp3) is 0.182. The number of hydrogen-bond donors (Lipinski definition) is 2. The largest absolute Gasteiger partial charge is 0.392 e. The minimum Gasteiger partial charge on any atom is -0.392 e. The van der Waals surface area contributed by atoms with E-state index in [-0.39, 0.29) is 6.61 Å². The number of nitrogens with one attached hydrogen (secondary N) is 1. The molecule has 0 aliphatic rings. The predicted octanol–water partition coefficient (Wildman–Crippen LogP) is 1.52. The molecule has 0 unspecified atom stereocenters. The summed E-state index contributed by atoms with van der Waals surface area (Å²) in [6.45, 7) is 0.738. The van der Waals surface area contributed by atoms with Crippen LogP contribution in [0.25, 0.3) is 0 Å². The van der Waals surface area contributed by atoms with Crippen molar-refractivity contribution in [1.29, 1.82) is 5.26 Å². The lowest BCUT2D eigenvalue weighted by molar-refractivity contribution is 0.342. The third-order valence-electron chi connectivity index (χ3n) is 1.71. The second kappa shape index (κ2) is 5.79. The second-order valence-electron chi connectivity index (χ2n) is 2.72. The maximum Gasteiger partial charge on any atom is 0.0991 e. The van der Waals surface area contributed by atoms with E-state index >= 15 is 0 Å².